The Balaban J connectivity index is 0. The van der Waals surface area contributed by atoms with Crippen molar-refractivity contribution in [2.45, 2.75) is 45.8 Å². The fourth-order valence-corrected chi connectivity index (χ4v) is 1.40. The van der Waals surface area contributed by atoms with Gasteiger partial charge in [0.25, 0.3) is 0 Å². The minimum Gasteiger partial charge on any atom is -0.772 e. The van der Waals surface area contributed by atoms with E-state index < -0.39 is 22.8 Å². The van der Waals surface area contributed by atoms with Gasteiger partial charge >= 0.3 is 35.7 Å². The molecule has 0 radical (unpaired) electrons. The SMILES string of the molecule is CC(CCS(=O)[O-])NC(=O)OC(C)(C)C.[Na+]. The first-order valence-electron chi connectivity index (χ1n) is 4.76. The van der Waals surface area contributed by atoms with E-state index in [1.165, 1.54) is 0 Å². The molecule has 7 heteroatoms. The molecule has 0 aromatic rings. The Morgan fingerprint density at radius 1 is 1.50 bits per heavy atom. The molecule has 0 bridgehead atoms. The molecule has 0 heterocycles. The summed E-state index contributed by atoms with van der Waals surface area (Å²) in [6.07, 6.45) is -0.137. The fraction of sp³-hybridized carbons (Fsp3) is 0.889. The van der Waals surface area contributed by atoms with Gasteiger partial charge in [0.05, 0.1) is 0 Å². The van der Waals surface area contributed by atoms with E-state index in [2.05, 4.69) is 5.32 Å². The number of hydrogen-bond donors (Lipinski definition) is 1. The molecule has 1 amide bonds. The van der Waals surface area contributed by atoms with E-state index in [0.717, 1.165) is 0 Å². The Kier molecular flexibility index (Phi) is 9.92. The molecule has 0 fully saturated rings. The molecule has 16 heavy (non-hydrogen) atoms. The van der Waals surface area contributed by atoms with Crippen molar-refractivity contribution in [3.05, 3.63) is 0 Å². The van der Waals surface area contributed by atoms with E-state index in [1.54, 1.807) is 27.7 Å². The first-order chi connectivity index (χ1) is 6.70. The molecule has 0 aliphatic carbocycles. The Hall–Kier alpha value is 0.380. The van der Waals surface area contributed by atoms with E-state index in [1.807, 2.05) is 0 Å². The molecule has 0 aliphatic rings. The standard InChI is InChI=1S/C9H19NO4S.Na/c1-7(5-6-15(12)13)10-8(11)14-9(2,3)4;/h7H,5-6H2,1-4H3,(H,10,11)(H,12,13);/q;+1/p-1. The van der Waals surface area contributed by atoms with Gasteiger partial charge in [-0.25, -0.2) is 4.79 Å². The van der Waals surface area contributed by atoms with E-state index in [-0.39, 0.29) is 41.4 Å². The number of alkyl carbamates (subject to hydrolysis) is 1. The van der Waals surface area contributed by atoms with Crippen LogP contribution >= 0.6 is 0 Å². The van der Waals surface area contributed by atoms with Crippen molar-refractivity contribution in [3.63, 3.8) is 0 Å². The second-order valence-electron chi connectivity index (χ2n) is 4.34. The van der Waals surface area contributed by atoms with Gasteiger partial charge in [0.1, 0.15) is 5.60 Å². The molecule has 0 aromatic heterocycles. The minimum absolute atomic E-state index is 0. The topological polar surface area (TPSA) is 78.5 Å². The predicted molar refractivity (Wildman–Crippen MR) is 57.2 cm³/mol. The molecule has 0 saturated heterocycles. The monoisotopic (exact) mass is 259 g/mol. The van der Waals surface area contributed by atoms with Crippen LogP contribution in [0.1, 0.15) is 34.1 Å². The molecule has 0 spiro atoms. The number of nitrogens with one attached hydrogen (secondary N) is 1. The van der Waals surface area contributed by atoms with Crippen LogP contribution in [0.4, 0.5) is 4.79 Å². The summed E-state index contributed by atoms with van der Waals surface area (Å²) in [7, 11) is 0. The molecule has 90 valence electrons. The van der Waals surface area contributed by atoms with Gasteiger partial charge in [-0.1, -0.05) is 11.1 Å². The van der Waals surface area contributed by atoms with Crippen molar-refractivity contribution < 1.29 is 47.9 Å². The molecule has 2 unspecified atom stereocenters. The fourth-order valence-electron chi connectivity index (χ4n) is 0.854. The summed E-state index contributed by atoms with van der Waals surface area (Å²) in [6, 6.07) is -0.210. The van der Waals surface area contributed by atoms with E-state index >= 15 is 0 Å². The largest absolute Gasteiger partial charge is 1.00 e. The van der Waals surface area contributed by atoms with Crippen molar-refractivity contribution in [1.29, 1.82) is 0 Å². The van der Waals surface area contributed by atoms with E-state index in [4.69, 9.17) is 4.74 Å². The summed E-state index contributed by atoms with van der Waals surface area (Å²) in [5.41, 5.74) is -0.537. The molecule has 5 nitrogen and oxygen atoms in total. The average Bonchev–Trinajstić information content (AvgIpc) is 1.96. The van der Waals surface area contributed by atoms with Crippen LogP contribution in [0.5, 0.6) is 0 Å². The van der Waals surface area contributed by atoms with Crippen LogP contribution in [0.15, 0.2) is 0 Å². The summed E-state index contributed by atoms with van der Waals surface area (Å²) in [5, 5.41) is 2.56. The van der Waals surface area contributed by atoms with Crippen LogP contribution in [-0.2, 0) is 15.8 Å². The molecule has 1 N–H and O–H groups in total. The number of rotatable bonds is 4. The third kappa shape index (κ3) is 12.4. The summed E-state index contributed by atoms with van der Waals surface area (Å²) in [4.78, 5) is 11.2. The van der Waals surface area contributed by atoms with Gasteiger partial charge < -0.3 is 14.6 Å². The van der Waals surface area contributed by atoms with Crippen LogP contribution in [0, 0.1) is 0 Å². The minimum atomic E-state index is -2.06. The normalized spacial score (nSPS) is 14.6. The third-order valence-corrected chi connectivity index (χ3v) is 2.05. The van der Waals surface area contributed by atoms with Gasteiger partial charge in [0.15, 0.2) is 0 Å². The second kappa shape index (κ2) is 8.47. The average molecular weight is 259 g/mol. The van der Waals surface area contributed by atoms with Crippen molar-refractivity contribution in [2.24, 2.45) is 0 Å². The number of carbonyl (C=O) groups is 1. The van der Waals surface area contributed by atoms with Gasteiger partial charge in [-0.15, -0.1) is 0 Å². The molecule has 0 rings (SSSR count). The zero-order valence-electron chi connectivity index (χ0n) is 10.5. The van der Waals surface area contributed by atoms with Crippen LogP contribution in [0.2, 0.25) is 0 Å². The maximum atomic E-state index is 11.2. The second-order valence-corrected chi connectivity index (χ2v) is 5.36. The van der Waals surface area contributed by atoms with Crippen molar-refractivity contribution in [2.75, 3.05) is 5.75 Å². The van der Waals surface area contributed by atoms with Crippen molar-refractivity contribution >= 4 is 17.2 Å². The molecular formula is C9H18NNaO4S. The zero-order valence-corrected chi connectivity index (χ0v) is 13.3. The Labute approximate surface area is 121 Å². The van der Waals surface area contributed by atoms with Crippen LogP contribution < -0.4 is 34.9 Å². The zero-order chi connectivity index (χ0) is 12.1. The first-order valence-corrected chi connectivity index (χ1v) is 6.00. The van der Waals surface area contributed by atoms with Gasteiger partial charge in [0, 0.05) is 11.8 Å². The smallest absolute Gasteiger partial charge is 0.772 e. The van der Waals surface area contributed by atoms with Crippen LogP contribution in [-0.4, -0.2) is 32.3 Å². The Morgan fingerprint density at radius 3 is 2.38 bits per heavy atom. The van der Waals surface area contributed by atoms with E-state index in [0.29, 0.717) is 6.42 Å². The third-order valence-electron chi connectivity index (χ3n) is 1.48. The molecule has 0 aromatic carbocycles. The van der Waals surface area contributed by atoms with Crippen LogP contribution in [0.3, 0.4) is 0 Å². The summed E-state index contributed by atoms with van der Waals surface area (Å²) in [6.45, 7) is 7.04. The maximum Gasteiger partial charge on any atom is 1.00 e. The first kappa shape index (κ1) is 18.7. The van der Waals surface area contributed by atoms with Gasteiger partial charge in [-0.2, -0.15) is 0 Å². The quantitative estimate of drug-likeness (QED) is 0.476. The number of ether oxygens (including phenoxy) is 1. The maximum absolute atomic E-state index is 11.2. The molecular weight excluding hydrogens is 241 g/mol. The Morgan fingerprint density at radius 2 is 2.00 bits per heavy atom. The molecule has 2 atom stereocenters. The molecule has 0 aliphatic heterocycles. The summed E-state index contributed by atoms with van der Waals surface area (Å²) < 4.78 is 25.6. The Bertz CT molecular complexity index is 242. The van der Waals surface area contributed by atoms with Gasteiger partial charge in [-0.05, 0) is 34.1 Å². The number of hydrogen-bond acceptors (Lipinski definition) is 4. The van der Waals surface area contributed by atoms with Crippen molar-refractivity contribution in [3.8, 4) is 0 Å². The van der Waals surface area contributed by atoms with Crippen LogP contribution in [0.25, 0.3) is 0 Å². The van der Waals surface area contributed by atoms with Gasteiger partial charge in [-0.3, -0.25) is 4.21 Å². The van der Waals surface area contributed by atoms with Crippen molar-refractivity contribution in [1.82, 2.24) is 5.32 Å². The number of amides is 1. The summed E-state index contributed by atoms with van der Waals surface area (Å²) in [5.74, 6) is 0.0387. The molecule has 0 saturated carbocycles. The predicted octanol–water partition coefficient (Wildman–Crippen LogP) is -1.83. The number of carbonyl (C=O) groups excluding carboxylic acids is 1. The summed E-state index contributed by atoms with van der Waals surface area (Å²) >= 11 is -2.06. The van der Waals surface area contributed by atoms with Gasteiger partial charge in [0.2, 0.25) is 0 Å². The van der Waals surface area contributed by atoms with E-state index in [9.17, 15) is 13.6 Å².